The average Bonchev–Trinajstić information content (AvgIpc) is 3.08. The van der Waals surface area contributed by atoms with Gasteiger partial charge in [0, 0.05) is 44.5 Å². The third-order valence-electron chi connectivity index (χ3n) is 4.20. The fraction of sp³-hybridized carbons (Fsp3) is 0.412. The summed E-state index contributed by atoms with van der Waals surface area (Å²) in [5.74, 6) is 0.762. The lowest BCUT2D eigenvalue weighted by Crippen LogP contribution is -2.51. The van der Waals surface area contributed by atoms with Gasteiger partial charge in [0.1, 0.15) is 6.33 Å². The first-order valence-corrected chi connectivity index (χ1v) is 8.50. The summed E-state index contributed by atoms with van der Waals surface area (Å²) in [4.78, 5) is 27.4. The Hall–Kier alpha value is -3.10. The first kappa shape index (κ1) is 17.7. The fourth-order valence-electron chi connectivity index (χ4n) is 2.76. The van der Waals surface area contributed by atoms with Crippen LogP contribution in [0.5, 0.6) is 0 Å². The first-order chi connectivity index (χ1) is 12.6. The van der Waals surface area contributed by atoms with Gasteiger partial charge in [-0.05, 0) is 31.2 Å². The van der Waals surface area contributed by atoms with E-state index in [1.807, 2.05) is 35.9 Å². The number of anilines is 1. The third kappa shape index (κ3) is 3.93. The molecule has 0 bridgehead atoms. The van der Waals surface area contributed by atoms with E-state index in [0.29, 0.717) is 38.5 Å². The van der Waals surface area contributed by atoms with Gasteiger partial charge in [0.05, 0.1) is 6.61 Å². The van der Waals surface area contributed by atoms with Gasteiger partial charge in [-0.1, -0.05) is 0 Å². The molecule has 1 N–H and O–H groups in total. The van der Waals surface area contributed by atoms with Gasteiger partial charge in [-0.2, -0.15) is 0 Å². The highest BCUT2D eigenvalue weighted by molar-refractivity contribution is 5.89. The minimum atomic E-state index is -0.327. The van der Waals surface area contributed by atoms with Crippen molar-refractivity contribution in [1.82, 2.24) is 24.6 Å². The van der Waals surface area contributed by atoms with E-state index < -0.39 is 0 Å². The topological polar surface area (TPSA) is 92.6 Å². The van der Waals surface area contributed by atoms with Crippen molar-refractivity contribution in [2.24, 2.45) is 7.05 Å². The molecule has 1 aliphatic heterocycles. The predicted octanol–water partition coefficient (Wildman–Crippen LogP) is 1.79. The molecule has 2 heterocycles. The fourth-order valence-corrected chi connectivity index (χ4v) is 2.76. The second-order valence-corrected chi connectivity index (χ2v) is 5.95. The van der Waals surface area contributed by atoms with Crippen molar-refractivity contribution in [2.75, 3.05) is 38.1 Å². The number of urea groups is 1. The van der Waals surface area contributed by atoms with Crippen LogP contribution in [-0.2, 0) is 11.8 Å². The standard InChI is InChI=1S/C17H22N6O3/c1-3-26-17(25)23-10-8-22(9-11-23)16(24)19-14-6-4-13(5-7-14)15-20-18-12-21(15)2/h4-7,12H,3,8-11H2,1-2H3,(H,19,24). The van der Waals surface area contributed by atoms with Crippen LogP contribution in [0.1, 0.15) is 6.92 Å². The zero-order valence-corrected chi connectivity index (χ0v) is 14.9. The lowest BCUT2D eigenvalue weighted by molar-refractivity contribution is 0.0868. The van der Waals surface area contributed by atoms with Crippen LogP contribution in [0, 0.1) is 0 Å². The first-order valence-electron chi connectivity index (χ1n) is 8.50. The average molecular weight is 358 g/mol. The number of amides is 3. The number of carbonyl (C=O) groups excluding carboxylic acids is 2. The molecule has 1 saturated heterocycles. The number of aromatic nitrogens is 3. The molecule has 1 fully saturated rings. The smallest absolute Gasteiger partial charge is 0.409 e. The van der Waals surface area contributed by atoms with Gasteiger partial charge in [0.2, 0.25) is 0 Å². The largest absolute Gasteiger partial charge is 0.450 e. The molecule has 0 saturated carbocycles. The van der Waals surface area contributed by atoms with E-state index in [4.69, 9.17) is 4.74 Å². The molecule has 0 aliphatic carbocycles. The number of ether oxygens (including phenoxy) is 1. The lowest BCUT2D eigenvalue weighted by atomic mass is 10.2. The summed E-state index contributed by atoms with van der Waals surface area (Å²) in [5.41, 5.74) is 1.62. The van der Waals surface area contributed by atoms with Gasteiger partial charge >= 0.3 is 12.1 Å². The maximum Gasteiger partial charge on any atom is 0.409 e. The molecule has 0 atom stereocenters. The van der Waals surface area contributed by atoms with Gasteiger partial charge in [-0.3, -0.25) is 0 Å². The van der Waals surface area contributed by atoms with E-state index in [9.17, 15) is 9.59 Å². The number of hydrogen-bond donors (Lipinski definition) is 1. The maximum atomic E-state index is 12.4. The zero-order valence-electron chi connectivity index (χ0n) is 14.9. The molecule has 1 aromatic heterocycles. The van der Waals surface area contributed by atoms with Crippen LogP contribution in [0.2, 0.25) is 0 Å². The van der Waals surface area contributed by atoms with Gasteiger partial charge in [0.15, 0.2) is 5.82 Å². The van der Waals surface area contributed by atoms with E-state index in [1.54, 1.807) is 23.1 Å². The summed E-state index contributed by atoms with van der Waals surface area (Å²) in [7, 11) is 1.88. The number of benzene rings is 1. The molecule has 138 valence electrons. The van der Waals surface area contributed by atoms with Crippen molar-refractivity contribution in [2.45, 2.75) is 6.92 Å². The number of nitrogens with zero attached hydrogens (tertiary/aromatic N) is 5. The number of piperazine rings is 1. The second-order valence-electron chi connectivity index (χ2n) is 5.95. The Kier molecular flexibility index (Phi) is 5.35. The molecule has 1 aliphatic rings. The molecule has 9 heteroatoms. The Morgan fingerprint density at radius 2 is 1.77 bits per heavy atom. The third-order valence-corrected chi connectivity index (χ3v) is 4.20. The number of carbonyl (C=O) groups is 2. The molecule has 0 radical (unpaired) electrons. The molecule has 2 aromatic rings. The minimum Gasteiger partial charge on any atom is -0.450 e. The Bertz CT molecular complexity index is 765. The van der Waals surface area contributed by atoms with Gasteiger partial charge in [0.25, 0.3) is 0 Å². The van der Waals surface area contributed by atoms with E-state index >= 15 is 0 Å². The molecular weight excluding hydrogens is 336 g/mol. The Morgan fingerprint density at radius 3 is 2.35 bits per heavy atom. The Labute approximate surface area is 151 Å². The molecule has 3 rings (SSSR count). The van der Waals surface area contributed by atoms with Gasteiger partial charge < -0.3 is 24.4 Å². The zero-order chi connectivity index (χ0) is 18.5. The summed E-state index contributed by atoms with van der Waals surface area (Å²) >= 11 is 0. The normalized spacial score (nSPS) is 14.2. The number of aryl methyl sites for hydroxylation is 1. The van der Waals surface area contributed by atoms with Crippen LogP contribution in [0.3, 0.4) is 0 Å². The van der Waals surface area contributed by atoms with Gasteiger partial charge in [-0.25, -0.2) is 9.59 Å². The Morgan fingerprint density at radius 1 is 1.12 bits per heavy atom. The molecule has 26 heavy (non-hydrogen) atoms. The quantitative estimate of drug-likeness (QED) is 0.903. The molecule has 0 spiro atoms. The highest BCUT2D eigenvalue weighted by Crippen LogP contribution is 2.19. The summed E-state index contributed by atoms with van der Waals surface area (Å²) in [5, 5.41) is 10.8. The number of hydrogen-bond acceptors (Lipinski definition) is 5. The monoisotopic (exact) mass is 358 g/mol. The summed E-state index contributed by atoms with van der Waals surface area (Å²) in [6.45, 7) is 4.01. The molecule has 1 aromatic carbocycles. The van der Waals surface area contributed by atoms with Crippen LogP contribution in [0.4, 0.5) is 15.3 Å². The van der Waals surface area contributed by atoms with E-state index in [0.717, 1.165) is 11.4 Å². The summed E-state index contributed by atoms with van der Waals surface area (Å²) in [6, 6.07) is 7.25. The molecule has 3 amide bonds. The van der Waals surface area contributed by atoms with Gasteiger partial charge in [-0.15, -0.1) is 10.2 Å². The van der Waals surface area contributed by atoms with Crippen LogP contribution < -0.4 is 5.32 Å². The number of nitrogens with one attached hydrogen (secondary N) is 1. The highest BCUT2D eigenvalue weighted by atomic mass is 16.6. The van der Waals surface area contributed by atoms with Crippen molar-refractivity contribution in [3.05, 3.63) is 30.6 Å². The van der Waals surface area contributed by atoms with E-state index in [1.165, 1.54) is 0 Å². The van der Waals surface area contributed by atoms with Crippen molar-refractivity contribution in [3.63, 3.8) is 0 Å². The Balaban J connectivity index is 1.54. The van der Waals surface area contributed by atoms with E-state index in [-0.39, 0.29) is 12.1 Å². The SMILES string of the molecule is CCOC(=O)N1CCN(C(=O)Nc2ccc(-c3nncn3C)cc2)CC1. The maximum absolute atomic E-state index is 12.4. The summed E-state index contributed by atoms with van der Waals surface area (Å²) < 4.78 is 6.81. The lowest BCUT2D eigenvalue weighted by Gasteiger charge is -2.34. The second kappa shape index (κ2) is 7.85. The van der Waals surface area contributed by atoms with Crippen molar-refractivity contribution < 1.29 is 14.3 Å². The van der Waals surface area contributed by atoms with Crippen molar-refractivity contribution in [1.29, 1.82) is 0 Å². The molecular formula is C17H22N6O3. The molecule has 0 unspecified atom stereocenters. The van der Waals surface area contributed by atoms with Crippen molar-refractivity contribution >= 4 is 17.8 Å². The summed E-state index contributed by atoms with van der Waals surface area (Å²) in [6.07, 6.45) is 1.31. The highest BCUT2D eigenvalue weighted by Gasteiger charge is 2.24. The van der Waals surface area contributed by atoms with Crippen LogP contribution in [0.15, 0.2) is 30.6 Å². The van der Waals surface area contributed by atoms with E-state index in [2.05, 4.69) is 15.5 Å². The van der Waals surface area contributed by atoms with Crippen molar-refractivity contribution in [3.8, 4) is 11.4 Å². The van der Waals surface area contributed by atoms with Crippen LogP contribution >= 0.6 is 0 Å². The van der Waals surface area contributed by atoms with Crippen LogP contribution in [0.25, 0.3) is 11.4 Å². The van der Waals surface area contributed by atoms with Crippen LogP contribution in [-0.4, -0.2) is 69.5 Å². The predicted molar refractivity (Wildman–Crippen MR) is 95.6 cm³/mol. The minimum absolute atomic E-state index is 0.181. The number of rotatable bonds is 3. The molecule has 9 nitrogen and oxygen atoms in total.